The number of hydrogen-bond acceptors (Lipinski definition) is 6. The molecule has 0 atom stereocenters. The maximum absolute atomic E-state index is 12.1. The van der Waals surface area contributed by atoms with Gasteiger partial charge in [-0.3, -0.25) is 4.79 Å². The number of esters is 1. The zero-order valence-corrected chi connectivity index (χ0v) is 16.2. The van der Waals surface area contributed by atoms with E-state index in [1.165, 1.54) is 18.4 Å². The highest BCUT2D eigenvalue weighted by Crippen LogP contribution is 2.26. The number of anilines is 1. The Labute approximate surface area is 162 Å². The fourth-order valence-corrected chi connectivity index (χ4v) is 3.66. The van der Waals surface area contributed by atoms with Crippen molar-refractivity contribution in [2.75, 3.05) is 25.5 Å². The van der Waals surface area contributed by atoms with E-state index >= 15 is 0 Å². The lowest BCUT2D eigenvalue weighted by atomic mass is 9.93. The van der Waals surface area contributed by atoms with Crippen LogP contribution in [0.1, 0.15) is 36.2 Å². The Morgan fingerprint density at radius 3 is 2.88 bits per heavy atom. The van der Waals surface area contributed by atoms with Crippen molar-refractivity contribution in [1.29, 1.82) is 0 Å². The predicted octanol–water partition coefficient (Wildman–Crippen LogP) is 3.06. The number of methoxy groups -OCH3 is 1. The fourth-order valence-electron chi connectivity index (χ4n) is 2.92. The summed E-state index contributed by atoms with van der Waals surface area (Å²) in [4.78, 5) is 30.9. The smallest absolute Gasteiger partial charge is 0.354 e. The van der Waals surface area contributed by atoms with Gasteiger partial charge < -0.3 is 20.4 Å². The van der Waals surface area contributed by atoms with Crippen molar-refractivity contribution in [2.45, 2.75) is 25.7 Å². The van der Waals surface area contributed by atoms with Gasteiger partial charge in [0.05, 0.1) is 12.8 Å². The number of amides is 1. The summed E-state index contributed by atoms with van der Waals surface area (Å²) >= 11 is 1.37. The van der Waals surface area contributed by atoms with Crippen LogP contribution in [0.15, 0.2) is 17.6 Å². The standard InChI is InChI=1S/C17H22N4O3S.ClH/c1-24-16(23)13-8-12(9-19-13)14-10-25-17(20-14)21-15(22)3-2-11-4-6-18-7-5-11;/h8-11,18-19H,2-7H2,1H3,(H,20,21,22);1H. The molecule has 26 heavy (non-hydrogen) atoms. The zero-order chi connectivity index (χ0) is 17.6. The molecule has 0 bridgehead atoms. The van der Waals surface area contributed by atoms with Crippen molar-refractivity contribution >= 4 is 40.8 Å². The highest BCUT2D eigenvalue weighted by atomic mass is 35.5. The summed E-state index contributed by atoms with van der Waals surface area (Å²) in [6.45, 7) is 2.10. The molecule has 1 fully saturated rings. The topological polar surface area (TPSA) is 96.1 Å². The molecule has 3 N–H and O–H groups in total. The van der Waals surface area contributed by atoms with Gasteiger partial charge >= 0.3 is 5.97 Å². The van der Waals surface area contributed by atoms with Crippen molar-refractivity contribution in [3.8, 4) is 11.3 Å². The first-order valence-corrected chi connectivity index (χ1v) is 9.27. The second-order valence-electron chi connectivity index (χ2n) is 6.11. The number of rotatable bonds is 6. The van der Waals surface area contributed by atoms with E-state index in [9.17, 15) is 9.59 Å². The molecule has 0 saturated carbocycles. The van der Waals surface area contributed by atoms with Crippen molar-refractivity contribution in [1.82, 2.24) is 15.3 Å². The third-order valence-corrected chi connectivity index (χ3v) is 5.13. The first kappa shape index (κ1) is 20.4. The highest BCUT2D eigenvalue weighted by Gasteiger charge is 2.16. The molecule has 1 aliphatic heterocycles. The summed E-state index contributed by atoms with van der Waals surface area (Å²) in [5.41, 5.74) is 1.87. The van der Waals surface area contributed by atoms with E-state index in [0.29, 0.717) is 28.9 Å². The van der Waals surface area contributed by atoms with E-state index in [1.807, 2.05) is 5.38 Å². The normalized spacial score (nSPS) is 14.5. The van der Waals surface area contributed by atoms with Gasteiger partial charge in [-0.2, -0.15) is 0 Å². The molecular formula is C17H23ClN4O3S. The average molecular weight is 399 g/mol. The van der Waals surface area contributed by atoms with Crippen LogP contribution in [-0.4, -0.2) is 42.0 Å². The number of ether oxygens (including phenoxy) is 1. The summed E-state index contributed by atoms with van der Waals surface area (Å²) in [7, 11) is 1.34. The Morgan fingerprint density at radius 1 is 1.38 bits per heavy atom. The minimum Gasteiger partial charge on any atom is -0.464 e. The molecule has 2 aromatic heterocycles. The molecule has 1 saturated heterocycles. The molecule has 3 rings (SSSR count). The Bertz CT molecular complexity index is 740. The Morgan fingerprint density at radius 2 is 2.15 bits per heavy atom. The van der Waals surface area contributed by atoms with Gasteiger partial charge in [0, 0.05) is 23.6 Å². The lowest BCUT2D eigenvalue weighted by molar-refractivity contribution is -0.116. The van der Waals surface area contributed by atoms with Gasteiger partial charge in [-0.1, -0.05) is 0 Å². The minimum absolute atomic E-state index is 0. The number of carbonyl (C=O) groups is 2. The van der Waals surface area contributed by atoms with Gasteiger partial charge in [0.15, 0.2) is 5.13 Å². The van der Waals surface area contributed by atoms with E-state index in [0.717, 1.165) is 37.9 Å². The molecular weight excluding hydrogens is 376 g/mol. The molecule has 7 nitrogen and oxygen atoms in total. The largest absolute Gasteiger partial charge is 0.464 e. The lowest BCUT2D eigenvalue weighted by Gasteiger charge is -2.21. The van der Waals surface area contributed by atoms with Gasteiger partial charge in [-0.05, 0) is 44.3 Å². The van der Waals surface area contributed by atoms with Crippen molar-refractivity contribution in [3.05, 3.63) is 23.3 Å². The van der Waals surface area contributed by atoms with E-state index in [2.05, 4.69) is 25.3 Å². The van der Waals surface area contributed by atoms with Crippen LogP contribution in [0.3, 0.4) is 0 Å². The van der Waals surface area contributed by atoms with Crippen LogP contribution in [0, 0.1) is 5.92 Å². The Kier molecular flexibility index (Phi) is 7.62. The van der Waals surface area contributed by atoms with Crippen molar-refractivity contribution < 1.29 is 14.3 Å². The molecule has 0 unspecified atom stereocenters. The van der Waals surface area contributed by atoms with E-state index in [1.54, 1.807) is 12.3 Å². The number of thiazole rings is 1. The first-order valence-electron chi connectivity index (χ1n) is 8.39. The number of aromatic nitrogens is 2. The van der Waals surface area contributed by atoms with Crippen LogP contribution in [0.4, 0.5) is 5.13 Å². The molecule has 3 heterocycles. The minimum atomic E-state index is -0.423. The van der Waals surface area contributed by atoms with Gasteiger partial charge in [0.25, 0.3) is 0 Å². The first-order chi connectivity index (χ1) is 12.2. The molecule has 142 valence electrons. The summed E-state index contributed by atoms with van der Waals surface area (Å²) in [6.07, 6.45) is 5.43. The van der Waals surface area contributed by atoms with E-state index in [4.69, 9.17) is 0 Å². The van der Waals surface area contributed by atoms with E-state index < -0.39 is 5.97 Å². The van der Waals surface area contributed by atoms with Gasteiger partial charge in [-0.25, -0.2) is 9.78 Å². The summed E-state index contributed by atoms with van der Waals surface area (Å²) in [6, 6.07) is 1.68. The second-order valence-corrected chi connectivity index (χ2v) is 6.97. The number of halogens is 1. The molecule has 1 aliphatic rings. The third-order valence-electron chi connectivity index (χ3n) is 4.37. The molecule has 0 aliphatic carbocycles. The second kappa shape index (κ2) is 9.70. The number of piperidine rings is 1. The number of carbonyl (C=O) groups excluding carboxylic acids is 2. The van der Waals surface area contributed by atoms with Crippen molar-refractivity contribution in [3.63, 3.8) is 0 Å². The maximum atomic E-state index is 12.1. The molecule has 1 amide bonds. The average Bonchev–Trinajstić information content (AvgIpc) is 3.29. The van der Waals surface area contributed by atoms with Crippen LogP contribution in [0.25, 0.3) is 11.3 Å². The predicted molar refractivity (Wildman–Crippen MR) is 104 cm³/mol. The lowest BCUT2D eigenvalue weighted by Crippen LogP contribution is -2.28. The van der Waals surface area contributed by atoms with E-state index in [-0.39, 0.29) is 18.3 Å². The number of nitrogens with one attached hydrogen (secondary N) is 3. The Balaban J connectivity index is 0.00000243. The fraction of sp³-hybridized carbons (Fsp3) is 0.471. The number of H-pyrrole nitrogens is 1. The third kappa shape index (κ3) is 5.30. The summed E-state index contributed by atoms with van der Waals surface area (Å²) in [5, 5.41) is 8.62. The summed E-state index contributed by atoms with van der Waals surface area (Å²) < 4.78 is 4.67. The zero-order valence-electron chi connectivity index (χ0n) is 14.5. The van der Waals surface area contributed by atoms with Crippen LogP contribution in [0.2, 0.25) is 0 Å². The molecule has 9 heteroatoms. The Hall–Kier alpha value is -1.90. The number of nitrogens with zero attached hydrogens (tertiary/aromatic N) is 1. The number of hydrogen-bond donors (Lipinski definition) is 3. The quantitative estimate of drug-likeness (QED) is 0.650. The van der Waals surface area contributed by atoms with Crippen LogP contribution in [0.5, 0.6) is 0 Å². The number of aromatic amines is 1. The molecule has 0 aromatic carbocycles. The van der Waals surface area contributed by atoms with Gasteiger partial charge in [-0.15, -0.1) is 23.7 Å². The summed E-state index contributed by atoms with van der Waals surface area (Å²) in [5.74, 6) is 0.215. The maximum Gasteiger partial charge on any atom is 0.354 e. The molecule has 2 aromatic rings. The monoisotopic (exact) mass is 398 g/mol. The molecule has 0 spiro atoms. The van der Waals surface area contributed by atoms with Gasteiger partial charge in [0.1, 0.15) is 5.69 Å². The SMILES string of the molecule is COC(=O)c1cc(-c2csc(NC(=O)CCC3CCNCC3)n2)c[nH]1.Cl. The van der Waals surface area contributed by atoms with Crippen LogP contribution >= 0.6 is 23.7 Å². The highest BCUT2D eigenvalue weighted by molar-refractivity contribution is 7.14. The molecule has 0 radical (unpaired) electrons. The van der Waals surface area contributed by atoms with Crippen molar-refractivity contribution in [2.24, 2.45) is 5.92 Å². The van der Waals surface area contributed by atoms with Crippen LogP contribution in [-0.2, 0) is 9.53 Å². The van der Waals surface area contributed by atoms with Gasteiger partial charge in [0.2, 0.25) is 5.91 Å². The van der Waals surface area contributed by atoms with Crippen LogP contribution < -0.4 is 10.6 Å².